The van der Waals surface area contributed by atoms with Crippen LogP contribution in [0.4, 0.5) is 11.5 Å². The molecule has 8 heteroatoms. The summed E-state index contributed by atoms with van der Waals surface area (Å²) in [5.41, 5.74) is 3.68. The number of aliphatic hydroxyl groups excluding tert-OH is 1. The third kappa shape index (κ3) is 3.67. The Bertz CT molecular complexity index is 1380. The van der Waals surface area contributed by atoms with E-state index in [0.717, 1.165) is 74.6 Å². The van der Waals surface area contributed by atoms with Gasteiger partial charge in [0.25, 0.3) is 5.91 Å². The van der Waals surface area contributed by atoms with Crippen LogP contribution in [-0.4, -0.2) is 53.3 Å². The van der Waals surface area contributed by atoms with Crippen molar-refractivity contribution in [3.8, 4) is 11.3 Å². The van der Waals surface area contributed by atoms with Gasteiger partial charge in [-0.3, -0.25) is 4.79 Å². The SMILES string of the molecule is C[C@@H]1CNc2c(sc3ccc4nc(-c5ccc(N6CCC(CO)CC6)nc5)ccc4c23)C(=O)N1. The van der Waals surface area contributed by atoms with Crippen molar-refractivity contribution >= 4 is 49.7 Å². The lowest BCUT2D eigenvalue weighted by molar-refractivity contribution is 0.0949. The monoisotopic (exact) mass is 473 g/mol. The summed E-state index contributed by atoms with van der Waals surface area (Å²) in [5.74, 6) is 1.37. The van der Waals surface area contributed by atoms with Crippen LogP contribution in [0.5, 0.6) is 0 Å². The molecule has 0 radical (unpaired) electrons. The molecule has 1 atom stereocenters. The molecule has 4 aromatic rings. The average molecular weight is 474 g/mol. The van der Waals surface area contributed by atoms with Gasteiger partial charge in [-0.15, -0.1) is 11.3 Å². The Morgan fingerprint density at radius 3 is 2.76 bits per heavy atom. The molecular formula is C26H27N5O2S. The number of benzene rings is 1. The summed E-state index contributed by atoms with van der Waals surface area (Å²) in [4.78, 5) is 25.3. The molecule has 0 saturated carbocycles. The Morgan fingerprint density at radius 1 is 1.15 bits per heavy atom. The summed E-state index contributed by atoms with van der Waals surface area (Å²) in [6.45, 7) is 4.83. The van der Waals surface area contributed by atoms with Crippen LogP contribution in [-0.2, 0) is 0 Å². The molecule has 1 fully saturated rings. The number of piperidine rings is 1. The molecule has 1 aromatic carbocycles. The molecule has 7 nitrogen and oxygen atoms in total. The molecule has 1 amide bonds. The first-order chi connectivity index (χ1) is 16.6. The third-order valence-electron chi connectivity index (χ3n) is 6.93. The summed E-state index contributed by atoms with van der Waals surface area (Å²) < 4.78 is 1.08. The van der Waals surface area contributed by atoms with Crippen LogP contribution in [0.1, 0.15) is 29.4 Å². The van der Waals surface area contributed by atoms with Crippen LogP contribution < -0.4 is 15.5 Å². The van der Waals surface area contributed by atoms with E-state index in [1.54, 1.807) is 0 Å². The molecule has 1 saturated heterocycles. The van der Waals surface area contributed by atoms with Gasteiger partial charge in [0.1, 0.15) is 10.7 Å². The number of hydrogen-bond acceptors (Lipinski definition) is 7. The van der Waals surface area contributed by atoms with Crippen molar-refractivity contribution in [3.63, 3.8) is 0 Å². The van der Waals surface area contributed by atoms with E-state index in [2.05, 4.69) is 39.8 Å². The molecule has 6 rings (SSSR count). The van der Waals surface area contributed by atoms with E-state index >= 15 is 0 Å². The summed E-state index contributed by atoms with van der Waals surface area (Å²) in [6.07, 6.45) is 3.90. The van der Waals surface area contributed by atoms with E-state index in [1.807, 2.05) is 25.3 Å². The highest BCUT2D eigenvalue weighted by Crippen LogP contribution is 2.41. The first kappa shape index (κ1) is 21.3. The van der Waals surface area contributed by atoms with E-state index in [4.69, 9.17) is 9.97 Å². The Hall–Kier alpha value is -3.23. The number of amides is 1. The number of rotatable bonds is 3. The lowest BCUT2D eigenvalue weighted by Crippen LogP contribution is -2.35. The third-order valence-corrected chi connectivity index (χ3v) is 8.08. The van der Waals surface area contributed by atoms with E-state index in [1.165, 1.54) is 11.3 Å². The van der Waals surface area contributed by atoms with Gasteiger partial charge in [0.15, 0.2) is 0 Å². The highest BCUT2D eigenvalue weighted by Gasteiger charge is 2.25. The first-order valence-corrected chi connectivity index (χ1v) is 12.7. The number of carbonyl (C=O) groups is 1. The molecule has 34 heavy (non-hydrogen) atoms. The van der Waals surface area contributed by atoms with E-state index in [9.17, 15) is 9.90 Å². The highest BCUT2D eigenvalue weighted by atomic mass is 32.1. The largest absolute Gasteiger partial charge is 0.396 e. The second-order valence-corrected chi connectivity index (χ2v) is 10.3. The molecule has 0 bridgehead atoms. The maximum absolute atomic E-state index is 12.7. The Balaban J connectivity index is 1.33. The fourth-order valence-corrected chi connectivity index (χ4v) is 6.05. The Labute approximate surface area is 201 Å². The number of nitrogens with zero attached hydrogens (tertiary/aromatic N) is 3. The van der Waals surface area contributed by atoms with Crippen molar-refractivity contribution < 1.29 is 9.90 Å². The van der Waals surface area contributed by atoms with Gasteiger partial charge in [-0.05, 0) is 62.1 Å². The van der Waals surface area contributed by atoms with Crippen LogP contribution >= 0.6 is 11.3 Å². The van der Waals surface area contributed by atoms with Gasteiger partial charge >= 0.3 is 0 Å². The van der Waals surface area contributed by atoms with Crippen LogP contribution in [0, 0.1) is 5.92 Å². The number of fused-ring (bicyclic) bond motifs is 5. The number of carbonyl (C=O) groups excluding carboxylic acids is 1. The lowest BCUT2D eigenvalue weighted by atomic mass is 9.98. The minimum Gasteiger partial charge on any atom is -0.396 e. The van der Waals surface area contributed by atoms with Crippen LogP contribution in [0.2, 0.25) is 0 Å². The number of aliphatic hydroxyl groups is 1. The normalized spacial score (nSPS) is 19.1. The second kappa shape index (κ2) is 8.52. The van der Waals surface area contributed by atoms with E-state index < -0.39 is 0 Å². The zero-order chi connectivity index (χ0) is 23.2. The van der Waals surface area contributed by atoms with Crippen molar-refractivity contribution in [2.24, 2.45) is 5.92 Å². The quantitative estimate of drug-likeness (QED) is 0.412. The molecule has 0 spiro atoms. The van der Waals surface area contributed by atoms with Crippen LogP contribution in [0.3, 0.4) is 0 Å². The Morgan fingerprint density at radius 2 is 2.00 bits per heavy atom. The summed E-state index contributed by atoms with van der Waals surface area (Å²) in [7, 11) is 0. The van der Waals surface area contributed by atoms with E-state index in [-0.39, 0.29) is 18.6 Å². The number of hydrogen-bond donors (Lipinski definition) is 3. The van der Waals surface area contributed by atoms with Crippen molar-refractivity contribution in [2.75, 3.05) is 36.5 Å². The highest BCUT2D eigenvalue weighted by molar-refractivity contribution is 7.21. The number of anilines is 2. The van der Waals surface area contributed by atoms with Gasteiger partial charge in [-0.1, -0.05) is 0 Å². The van der Waals surface area contributed by atoms with Gasteiger partial charge in [-0.2, -0.15) is 0 Å². The molecule has 3 N–H and O–H groups in total. The number of thiophene rings is 1. The standard InChI is InChI=1S/C26H27N5O2S/c1-15-12-28-24-23-18-3-4-19(30-20(18)5-6-21(23)34-25(24)26(33)29-15)17-2-7-22(27-13-17)31-10-8-16(14-32)9-11-31/h2-7,13,15-16,28,32H,8-12,14H2,1H3,(H,29,33)/t15-/m1/s1. The minimum absolute atomic E-state index is 0.0156. The maximum atomic E-state index is 12.7. The van der Waals surface area contributed by atoms with Gasteiger partial charge in [0.05, 0.1) is 16.9 Å². The lowest BCUT2D eigenvalue weighted by Gasteiger charge is -2.32. The molecule has 0 aliphatic carbocycles. The fraction of sp³-hybridized carbons (Fsp3) is 0.346. The smallest absolute Gasteiger partial charge is 0.263 e. The maximum Gasteiger partial charge on any atom is 0.263 e. The topological polar surface area (TPSA) is 90.4 Å². The molecule has 0 unspecified atom stereocenters. The van der Waals surface area contributed by atoms with Gasteiger partial charge in [0.2, 0.25) is 0 Å². The number of nitrogens with one attached hydrogen (secondary N) is 2. The molecule has 2 aliphatic heterocycles. The van der Waals surface area contributed by atoms with Crippen LogP contribution in [0.25, 0.3) is 32.2 Å². The second-order valence-electron chi connectivity index (χ2n) is 9.28. The fourth-order valence-electron chi connectivity index (χ4n) is 4.96. The predicted molar refractivity (Wildman–Crippen MR) is 138 cm³/mol. The predicted octanol–water partition coefficient (Wildman–Crippen LogP) is 4.26. The zero-order valence-corrected chi connectivity index (χ0v) is 19.9. The zero-order valence-electron chi connectivity index (χ0n) is 19.0. The number of aromatic nitrogens is 2. The summed E-state index contributed by atoms with van der Waals surface area (Å²) in [6, 6.07) is 12.5. The summed E-state index contributed by atoms with van der Waals surface area (Å²) >= 11 is 1.52. The minimum atomic E-state index is -0.0156. The average Bonchev–Trinajstić information content (AvgIpc) is 3.20. The van der Waals surface area contributed by atoms with Crippen molar-refractivity contribution in [2.45, 2.75) is 25.8 Å². The molecule has 174 valence electrons. The molecule has 3 aromatic heterocycles. The molecular weight excluding hydrogens is 446 g/mol. The first-order valence-electron chi connectivity index (χ1n) is 11.8. The summed E-state index contributed by atoms with van der Waals surface area (Å²) in [5, 5.41) is 18.0. The van der Waals surface area contributed by atoms with E-state index in [0.29, 0.717) is 12.5 Å². The Kier molecular flexibility index (Phi) is 5.34. The molecule has 5 heterocycles. The van der Waals surface area contributed by atoms with Gasteiger partial charge in [0, 0.05) is 59.5 Å². The van der Waals surface area contributed by atoms with Crippen LogP contribution in [0.15, 0.2) is 42.6 Å². The number of pyridine rings is 2. The van der Waals surface area contributed by atoms with Gasteiger partial charge in [-0.25, -0.2) is 9.97 Å². The van der Waals surface area contributed by atoms with Crippen molar-refractivity contribution in [3.05, 3.63) is 47.5 Å². The molecule has 2 aliphatic rings. The van der Waals surface area contributed by atoms with Crippen molar-refractivity contribution in [1.82, 2.24) is 15.3 Å². The van der Waals surface area contributed by atoms with Crippen molar-refractivity contribution in [1.29, 1.82) is 0 Å². The van der Waals surface area contributed by atoms with Gasteiger partial charge < -0.3 is 20.6 Å².